The number of nitrogens with one attached hydrogen (secondary N) is 1. The summed E-state index contributed by atoms with van der Waals surface area (Å²) in [5, 5.41) is 0. The van der Waals surface area contributed by atoms with E-state index in [2.05, 4.69) is 49.8 Å². The van der Waals surface area contributed by atoms with Crippen LogP contribution in [0.1, 0.15) is 25.7 Å². The number of allylic oxidation sites excluding steroid dienone is 2. The second-order valence-electron chi connectivity index (χ2n) is 4.75. The highest BCUT2D eigenvalue weighted by atomic mass is 79.9. The highest BCUT2D eigenvalue weighted by Gasteiger charge is 2.08. The van der Waals surface area contributed by atoms with Crippen molar-refractivity contribution in [3.8, 4) is 0 Å². The predicted octanol–water partition coefficient (Wildman–Crippen LogP) is 4.96. The third kappa shape index (κ3) is 2.31. The number of imidazole rings is 1. The van der Waals surface area contributed by atoms with Crippen molar-refractivity contribution in [2.24, 2.45) is 0 Å². The maximum absolute atomic E-state index is 5.41. The maximum atomic E-state index is 5.41. The molecular weight excluding hydrogens is 308 g/mol. The fraction of sp³-hybridized carbons (Fsp3) is 0.357. The largest absolute Gasteiger partial charge is 0.331 e. The summed E-state index contributed by atoms with van der Waals surface area (Å²) in [5.41, 5.74) is 3.89. The number of rotatable bonds is 3. The Morgan fingerprint density at radius 1 is 1.39 bits per heavy atom. The number of aromatic nitrogens is 2. The molecule has 1 aromatic carbocycles. The van der Waals surface area contributed by atoms with Gasteiger partial charge in [-0.3, -0.25) is 0 Å². The molecule has 3 rings (SSSR count). The van der Waals surface area contributed by atoms with E-state index >= 15 is 0 Å². The molecule has 0 aliphatic heterocycles. The normalized spacial score (nSPS) is 15.3. The molecule has 4 heteroatoms. The molecule has 94 valence electrons. The smallest absolute Gasteiger partial charge is 0.178 e. The molecule has 1 N–H and O–H groups in total. The number of hydrogen-bond acceptors (Lipinski definition) is 1. The quantitative estimate of drug-likeness (QED) is 0.625. The lowest BCUT2D eigenvalue weighted by Gasteiger charge is -2.05. The number of H-pyrrole nitrogens is 1. The van der Waals surface area contributed by atoms with Gasteiger partial charge in [-0.1, -0.05) is 27.6 Å². The molecule has 18 heavy (non-hydrogen) atoms. The first-order valence-electron chi connectivity index (χ1n) is 6.30. The van der Waals surface area contributed by atoms with Crippen molar-refractivity contribution in [2.45, 2.75) is 32.2 Å². The van der Waals surface area contributed by atoms with Crippen LogP contribution in [0.15, 0.2) is 34.3 Å². The van der Waals surface area contributed by atoms with Gasteiger partial charge in [0.15, 0.2) is 4.77 Å². The molecule has 0 atom stereocenters. The van der Waals surface area contributed by atoms with Gasteiger partial charge in [-0.2, -0.15) is 0 Å². The van der Waals surface area contributed by atoms with Gasteiger partial charge in [-0.25, -0.2) is 0 Å². The van der Waals surface area contributed by atoms with Gasteiger partial charge in [0.05, 0.1) is 11.0 Å². The van der Waals surface area contributed by atoms with Crippen LogP contribution in [-0.2, 0) is 6.54 Å². The Morgan fingerprint density at radius 3 is 3.06 bits per heavy atom. The van der Waals surface area contributed by atoms with Crippen LogP contribution >= 0.6 is 28.1 Å². The highest BCUT2D eigenvalue weighted by Crippen LogP contribution is 2.24. The summed E-state index contributed by atoms with van der Waals surface area (Å²) in [6, 6.07) is 6.27. The van der Waals surface area contributed by atoms with Crippen LogP contribution in [-0.4, -0.2) is 9.55 Å². The minimum Gasteiger partial charge on any atom is -0.331 e. The van der Waals surface area contributed by atoms with Crippen molar-refractivity contribution in [1.29, 1.82) is 0 Å². The summed E-state index contributed by atoms with van der Waals surface area (Å²) in [4.78, 5) is 3.27. The Bertz CT molecular complexity index is 666. The first kappa shape index (κ1) is 12.2. The minimum absolute atomic E-state index is 0.821. The zero-order valence-corrected chi connectivity index (χ0v) is 12.5. The fourth-order valence-corrected chi connectivity index (χ4v) is 3.24. The van der Waals surface area contributed by atoms with Crippen LogP contribution in [0, 0.1) is 4.77 Å². The molecule has 1 aliphatic carbocycles. The van der Waals surface area contributed by atoms with Gasteiger partial charge in [-0.05, 0) is 56.1 Å². The van der Waals surface area contributed by atoms with Crippen molar-refractivity contribution >= 4 is 39.2 Å². The lowest BCUT2D eigenvalue weighted by molar-refractivity contribution is 0.688. The average molecular weight is 323 g/mol. The van der Waals surface area contributed by atoms with Gasteiger partial charge in [0.25, 0.3) is 0 Å². The van der Waals surface area contributed by atoms with Crippen LogP contribution in [0.5, 0.6) is 0 Å². The van der Waals surface area contributed by atoms with E-state index in [1.165, 1.54) is 24.8 Å². The maximum Gasteiger partial charge on any atom is 0.178 e. The SMILES string of the molecule is S=c1[nH]c2cc(Br)ccc2n1CCC1=CCCC1. The number of nitrogens with zero attached hydrogens (tertiary/aromatic N) is 1. The summed E-state index contributed by atoms with van der Waals surface area (Å²) < 4.78 is 4.11. The third-order valence-electron chi connectivity index (χ3n) is 3.53. The molecule has 0 spiro atoms. The van der Waals surface area contributed by atoms with Crippen molar-refractivity contribution in [3.05, 3.63) is 39.1 Å². The molecule has 0 saturated heterocycles. The molecule has 1 aliphatic rings. The Balaban J connectivity index is 1.91. The van der Waals surface area contributed by atoms with E-state index in [1.807, 2.05) is 0 Å². The molecule has 0 fully saturated rings. The number of aryl methyl sites for hydroxylation is 1. The van der Waals surface area contributed by atoms with E-state index in [0.29, 0.717) is 0 Å². The molecule has 1 aromatic heterocycles. The fourth-order valence-electron chi connectivity index (χ4n) is 2.58. The summed E-state index contributed by atoms with van der Waals surface area (Å²) >= 11 is 8.90. The Kier molecular flexibility index (Phi) is 3.39. The third-order valence-corrected chi connectivity index (χ3v) is 4.34. The molecule has 0 bridgehead atoms. The number of hydrogen-bond donors (Lipinski definition) is 1. The summed E-state index contributed by atoms with van der Waals surface area (Å²) in [5.74, 6) is 0. The average Bonchev–Trinajstić information content (AvgIpc) is 2.93. The number of benzene rings is 1. The highest BCUT2D eigenvalue weighted by molar-refractivity contribution is 9.10. The van der Waals surface area contributed by atoms with E-state index < -0.39 is 0 Å². The standard InChI is InChI=1S/C14H15BrN2S/c15-11-5-6-13-12(9-11)16-14(18)17(13)8-7-10-3-1-2-4-10/h3,5-6,9H,1-2,4,7-8H2,(H,16,18). The number of aromatic amines is 1. The molecule has 2 aromatic rings. The first-order valence-corrected chi connectivity index (χ1v) is 7.50. The monoisotopic (exact) mass is 322 g/mol. The van der Waals surface area contributed by atoms with Crippen LogP contribution in [0.4, 0.5) is 0 Å². The zero-order valence-electron chi connectivity index (χ0n) is 10.1. The van der Waals surface area contributed by atoms with Gasteiger partial charge in [0.2, 0.25) is 0 Å². The lowest BCUT2D eigenvalue weighted by Crippen LogP contribution is -1.98. The van der Waals surface area contributed by atoms with Crippen LogP contribution in [0.25, 0.3) is 11.0 Å². The second kappa shape index (κ2) is 5.02. The molecule has 2 nitrogen and oxygen atoms in total. The minimum atomic E-state index is 0.821. The van der Waals surface area contributed by atoms with Crippen molar-refractivity contribution < 1.29 is 0 Å². The molecule has 0 radical (unpaired) electrons. The summed E-state index contributed by atoms with van der Waals surface area (Å²) in [6.45, 7) is 0.978. The Hall–Kier alpha value is -0.870. The van der Waals surface area contributed by atoms with Crippen LogP contribution in [0.3, 0.4) is 0 Å². The van der Waals surface area contributed by atoms with Crippen LogP contribution in [0.2, 0.25) is 0 Å². The van der Waals surface area contributed by atoms with Gasteiger partial charge in [-0.15, -0.1) is 0 Å². The second-order valence-corrected chi connectivity index (χ2v) is 6.05. The summed E-state index contributed by atoms with van der Waals surface area (Å²) in [6.07, 6.45) is 7.34. The van der Waals surface area contributed by atoms with Crippen molar-refractivity contribution in [3.63, 3.8) is 0 Å². The van der Waals surface area contributed by atoms with E-state index in [9.17, 15) is 0 Å². The molecule has 1 heterocycles. The van der Waals surface area contributed by atoms with Gasteiger partial charge in [0.1, 0.15) is 0 Å². The number of halogens is 1. The van der Waals surface area contributed by atoms with Crippen LogP contribution < -0.4 is 0 Å². The Morgan fingerprint density at radius 2 is 2.28 bits per heavy atom. The number of fused-ring (bicyclic) bond motifs is 1. The summed E-state index contributed by atoms with van der Waals surface area (Å²) in [7, 11) is 0. The zero-order chi connectivity index (χ0) is 12.5. The molecule has 0 amide bonds. The van der Waals surface area contributed by atoms with Gasteiger partial charge in [0, 0.05) is 11.0 Å². The van der Waals surface area contributed by atoms with Crippen molar-refractivity contribution in [2.75, 3.05) is 0 Å². The lowest BCUT2D eigenvalue weighted by atomic mass is 10.1. The molecular formula is C14H15BrN2S. The van der Waals surface area contributed by atoms with E-state index in [-0.39, 0.29) is 0 Å². The van der Waals surface area contributed by atoms with Gasteiger partial charge >= 0.3 is 0 Å². The van der Waals surface area contributed by atoms with E-state index in [4.69, 9.17) is 12.2 Å². The van der Waals surface area contributed by atoms with Gasteiger partial charge < -0.3 is 9.55 Å². The topological polar surface area (TPSA) is 20.7 Å². The van der Waals surface area contributed by atoms with E-state index in [1.54, 1.807) is 5.57 Å². The Labute approximate surface area is 120 Å². The molecule has 0 unspecified atom stereocenters. The van der Waals surface area contributed by atoms with E-state index in [0.717, 1.165) is 27.7 Å². The predicted molar refractivity (Wildman–Crippen MR) is 81.4 cm³/mol. The molecule has 0 saturated carbocycles. The first-order chi connectivity index (χ1) is 8.74. The van der Waals surface area contributed by atoms with Crippen molar-refractivity contribution in [1.82, 2.24) is 9.55 Å².